The first-order chi connectivity index (χ1) is 20.0. The Hall–Kier alpha value is -3.95. The summed E-state index contributed by atoms with van der Waals surface area (Å²) < 4.78 is 1.99. The zero-order valence-electron chi connectivity index (χ0n) is 27.4. The number of aliphatic imine (C=N–C) groups is 1. The first-order valence-electron chi connectivity index (χ1n) is 14.4. The van der Waals surface area contributed by atoms with Gasteiger partial charge in [0.1, 0.15) is 0 Å². The number of benzene rings is 1. The van der Waals surface area contributed by atoms with Crippen molar-refractivity contribution in [2.45, 2.75) is 80.2 Å². The lowest BCUT2D eigenvalue weighted by Crippen LogP contribution is -2.24. The number of aromatic nitrogens is 3. The molecule has 2 aromatic heterocycles. The van der Waals surface area contributed by atoms with Gasteiger partial charge in [-0.25, -0.2) is 4.99 Å². The quantitative estimate of drug-likeness (QED) is 0.112. The van der Waals surface area contributed by atoms with Gasteiger partial charge in [-0.05, 0) is 71.8 Å². The van der Waals surface area contributed by atoms with Crippen molar-refractivity contribution in [2.75, 3.05) is 12.4 Å². The topological polar surface area (TPSA) is 139 Å². The van der Waals surface area contributed by atoms with Gasteiger partial charge in [-0.1, -0.05) is 57.5 Å². The number of carbonyl (C=O) groups is 1. The molecule has 1 atom stereocenters. The summed E-state index contributed by atoms with van der Waals surface area (Å²) in [6, 6.07) is 14.1. The Morgan fingerprint density at radius 3 is 2.14 bits per heavy atom. The number of nitrogens with zero attached hydrogens (tertiary/aromatic N) is 3. The maximum Gasteiger partial charge on any atom is 0.224 e. The zero-order valence-corrected chi connectivity index (χ0v) is 27.4. The standard InChI is InChI=1S/C13H17N5.C10H13NO.C6H15N.C3H6.CH5N/c1-9(2)14-13(11-6-5-7-18(11)4)15-12-8-10(3)16-17-12;1-3-10(12)11-9-6-4-8(2)5-7-9;1-3-5-6(7)4-2;1-3-2;1-2/h5-8H,1H2,2-4H3,(H2,14,15,16,17);4-7H,3H2,1-2H3,(H,11,12);6H,3-5,7H2,1-2H3;3H,1H2,2H3;2H2,1H3. The van der Waals surface area contributed by atoms with Gasteiger partial charge in [0.15, 0.2) is 11.7 Å². The van der Waals surface area contributed by atoms with E-state index in [1.807, 2.05) is 94.9 Å². The van der Waals surface area contributed by atoms with E-state index in [1.54, 1.807) is 6.08 Å². The molecule has 0 spiro atoms. The number of H-pyrrole nitrogens is 1. The molecule has 7 N–H and O–H groups in total. The number of nitrogens with two attached hydrogens (primary N) is 2. The Morgan fingerprint density at radius 2 is 1.76 bits per heavy atom. The van der Waals surface area contributed by atoms with Crippen LogP contribution in [0.3, 0.4) is 0 Å². The van der Waals surface area contributed by atoms with E-state index in [0.717, 1.165) is 35.0 Å². The Bertz CT molecular complexity index is 1160. The van der Waals surface area contributed by atoms with E-state index in [1.165, 1.54) is 25.5 Å². The Kier molecular flexibility index (Phi) is 23.7. The molecule has 3 rings (SSSR count). The first-order valence-corrected chi connectivity index (χ1v) is 14.4. The lowest BCUT2D eigenvalue weighted by molar-refractivity contribution is -0.115. The molecule has 0 bridgehead atoms. The van der Waals surface area contributed by atoms with Gasteiger partial charge in [-0.2, -0.15) is 5.10 Å². The van der Waals surface area contributed by atoms with Crippen molar-refractivity contribution in [3.8, 4) is 0 Å². The van der Waals surface area contributed by atoms with Crippen molar-refractivity contribution in [1.29, 1.82) is 0 Å². The number of hydrogen-bond donors (Lipinski definition) is 5. The van der Waals surface area contributed by atoms with Crippen LogP contribution in [0.25, 0.3) is 0 Å². The highest BCUT2D eigenvalue weighted by Crippen LogP contribution is 2.12. The molecule has 0 saturated carbocycles. The number of allylic oxidation sites excluding steroid dienone is 2. The Balaban J connectivity index is 0. The maximum absolute atomic E-state index is 11.0. The SMILES string of the molecule is C=C(C)NC(=Nc1cc(C)[nH]n1)c1cccn1C.C=CC.CCC(=O)Nc1ccc(C)cc1.CCCC(N)CC.CN. The van der Waals surface area contributed by atoms with Crippen LogP contribution in [0, 0.1) is 13.8 Å². The van der Waals surface area contributed by atoms with E-state index in [0.29, 0.717) is 18.3 Å². The van der Waals surface area contributed by atoms with Gasteiger partial charge in [-0.3, -0.25) is 9.89 Å². The Labute approximate surface area is 254 Å². The molecule has 2 heterocycles. The van der Waals surface area contributed by atoms with Crippen LogP contribution in [0.2, 0.25) is 0 Å². The van der Waals surface area contributed by atoms with Crippen molar-refractivity contribution < 1.29 is 4.79 Å². The molecule has 3 aromatic rings. The van der Waals surface area contributed by atoms with E-state index < -0.39 is 0 Å². The third kappa shape index (κ3) is 19.2. The van der Waals surface area contributed by atoms with Crippen LogP contribution >= 0.6 is 0 Å². The highest BCUT2D eigenvalue weighted by atomic mass is 16.1. The van der Waals surface area contributed by atoms with Gasteiger partial charge < -0.3 is 26.7 Å². The van der Waals surface area contributed by atoms with E-state index >= 15 is 0 Å². The third-order valence-corrected chi connectivity index (χ3v) is 5.28. The monoisotopic (exact) mass is 580 g/mol. The summed E-state index contributed by atoms with van der Waals surface area (Å²) in [4.78, 5) is 15.5. The van der Waals surface area contributed by atoms with Crippen molar-refractivity contribution in [2.24, 2.45) is 23.5 Å². The van der Waals surface area contributed by atoms with Crippen LogP contribution in [0.1, 0.15) is 77.3 Å². The van der Waals surface area contributed by atoms with Gasteiger partial charge in [0.25, 0.3) is 0 Å². The van der Waals surface area contributed by atoms with Gasteiger partial charge in [0.2, 0.25) is 5.91 Å². The fourth-order valence-corrected chi connectivity index (χ4v) is 3.10. The maximum atomic E-state index is 11.0. The largest absolute Gasteiger partial charge is 0.348 e. The molecule has 0 radical (unpaired) electrons. The number of hydrogen-bond acceptors (Lipinski definition) is 5. The summed E-state index contributed by atoms with van der Waals surface area (Å²) in [6.45, 7) is 21.1. The van der Waals surface area contributed by atoms with Gasteiger partial charge >= 0.3 is 0 Å². The average molecular weight is 581 g/mol. The predicted octanol–water partition coefficient (Wildman–Crippen LogP) is 6.89. The summed E-state index contributed by atoms with van der Waals surface area (Å²) in [7, 11) is 3.47. The fraction of sp³-hybridized carbons (Fsp3) is 0.424. The van der Waals surface area contributed by atoms with E-state index in [2.05, 4.69) is 58.6 Å². The Morgan fingerprint density at radius 1 is 1.17 bits per heavy atom. The lowest BCUT2D eigenvalue weighted by atomic mass is 10.1. The lowest BCUT2D eigenvalue weighted by Gasteiger charge is -2.09. The van der Waals surface area contributed by atoms with Crippen molar-refractivity contribution in [3.05, 3.63) is 90.5 Å². The molecular weight excluding hydrogens is 524 g/mol. The van der Waals surface area contributed by atoms with Crippen LogP contribution in [-0.2, 0) is 11.8 Å². The van der Waals surface area contributed by atoms with Crippen LogP contribution < -0.4 is 22.1 Å². The molecule has 0 fully saturated rings. The van der Waals surface area contributed by atoms with E-state index in [9.17, 15) is 4.79 Å². The molecule has 1 unspecified atom stereocenters. The number of amides is 1. The number of aromatic amines is 1. The van der Waals surface area contributed by atoms with Crippen LogP contribution in [0.4, 0.5) is 11.5 Å². The molecule has 1 aromatic carbocycles. The van der Waals surface area contributed by atoms with Crippen molar-refractivity contribution in [3.63, 3.8) is 0 Å². The van der Waals surface area contributed by atoms with E-state index in [-0.39, 0.29) is 5.91 Å². The number of nitrogens with one attached hydrogen (secondary N) is 3. The number of rotatable bonds is 8. The highest BCUT2D eigenvalue weighted by Gasteiger charge is 2.08. The van der Waals surface area contributed by atoms with Crippen LogP contribution in [-0.4, -0.2) is 39.6 Å². The minimum atomic E-state index is 0.0545. The minimum absolute atomic E-state index is 0.0545. The third-order valence-electron chi connectivity index (χ3n) is 5.28. The summed E-state index contributed by atoms with van der Waals surface area (Å²) in [5, 5.41) is 12.9. The zero-order chi connectivity index (χ0) is 32.5. The number of anilines is 1. The highest BCUT2D eigenvalue weighted by molar-refractivity contribution is 5.99. The fourth-order valence-electron chi connectivity index (χ4n) is 3.10. The predicted molar refractivity (Wildman–Crippen MR) is 182 cm³/mol. The molecule has 0 saturated heterocycles. The summed E-state index contributed by atoms with van der Waals surface area (Å²) in [5.41, 5.74) is 15.0. The number of aryl methyl sites for hydroxylation is 3. The second kappa shape index (κ2) is 24.8. The minimum Gasteiger partial charge on any atom is -0.348 e. The van der Waals surface area contributed by atoms with Crippen molar-refractivity contribution >= 4 is 23.2 Å². The molecule has 42 heavy (non-hydrogen) atoms. The van der Waals surface area contributed by atoms with Crippen molar-refractivity contribution in [1.82, 2.24) is 20.1 Å². The smallest absolute Gasteiger partial charge is 0.224 e. The first kappa shape index (κ1) is 40.2. The second-order valence-corrected chi connectivity index (χ2v) is 9.41. The normalized spacial score (nSPS) is 10.5. The van der Waals surface area contributed by atoms with Gasteiger partial charge in [-0.15, -0.1) is 6.58 Å². The van der Waals surface area contributed by atoms with Gasteiger partial charge in [0.05, 0.1) is 5.69 Å². The molecule has 1 amide bonds. The number of amidine groups is 1. The van der Waals surface area contributed by atoms with Crippen LogP contribution in [0.5, 0.6) is 0 Å². The molecular formula is C33H56N8O. The van der Waals surface area contributed by atoms with E-state index in [4.69, 9.17) is 5.73 Å². The summed E-state index contributed by atoms with van der Waals surface area (Å²) in [6.07, 6.45) is 7.76. The summed E-state index contributed by atoms with van der Waals surface area (Å²) >= 11 is 0. The van der Waals surface area contributed by atoms with Crippen LogP contribution in [0.15, 0.2) is 78.6 Å². The molecule has 9 heteroatoms. The number of carbonyl (C=O) groups excluding carboxylic acids is 1. The second-order valence-electron chi connectivity index (χ2n) is 9.41. The summed E-state index contributed by atoms with van der Waals surface area (Å²) in [5.74, 6) is 1.44. The molecule has 0 aliphatic heterocycles. The molecule has 9 nitrogen and oxygen atoms in total. The molecule has 0 aliphatic carbocycles. The van der Waals surface area contributed by atoms with Gasteiger partial charge in [0, 0.05) is 48.9 Å². The molecule has 234 valence electrons. The molecule has 0 aliphatic rings. The average Bonchev–Trinajstić information content (AvgIpc) is 3.59.